The molecule has 0 aliphatic heterocycles. The molecule has 2 aromatic carbocycles. The van der Waals surface area contributed by atoms with Crippen molar-refractivity contribution in [2.24, 2.45) is 0 Å². The van der Waals surface area contributed by atoms with E-state index in [1.54, 1.807) is 37.3 Å². The molecule has 12 heteroatoms. The number of hydrogen-bond acceptors (Lipinski definition) is 9. The summed E-state index contributed by atoms with van der Waals surface area (Å²) < 4.78 is 16.8. The molecule has 0 saturated carbocycles. The van der Waals surface area contributed by atoms with Crippen LogP contribution < -0.4 is 14.8 Å². The van der Waals surface area contributed by atoms with E-state index in [1.165, 1.54) is 18.0 Å². The molecule has 3 rings (SSSR count). The number of nitriles is 1. The van der Waals surface area contributed by atoms with Crippen LogP contribution >= 0.6 is 0 Å². The quantitative estimate of drug-likeness (QED) is 0.285. The van der Waals surface area contributed by atoms with Gasteiger partial charge in [-0.05, 0) is 19.1 Å². The zero-order chi connectivity index (χ0) is 24.7. The Kier molecular flexibility index (Phi) is 7.40. The summed E-state index contributed by atoms with van der Waals surface area (Å²) in [6.07, 6.45) is 1.28. The van der Waals surface area contributed by atoms with Crippen LogP contribution in [0.4, 0.5) is 11.5 Å². The lowest BCUT2D eigenvalue weighted by atomic mass is 10.1. The molecule has 1 amide bonds. The first-order valence-corrected chi connectivity index (χ1v) is 9.89. The predicted molar refractivity (Wildman–Crippen MR) is 118 cm³/mol. The third-order valence-corrected chi connectivity index (χ3v) is 4.48. The lowest BCUT2D eigenvalue weighted by molar-refractivity contribution is -0.385. The van der Waals surface area contributed by atoms with Crippen molar-refractivity contribution in [2.75, 3.05) is 25.6 Å². The molecule has 1 heterocycles. The zero-order valence-corrected chi connectivity index (χ0v) is 18.2. The summed E-state index contributed by atoms with van der Waals surface area (Å²) in [7, 11) is 1.31. The summed E-state index contributed by atoms with van der Waals surface area (Å²) in [6, 6.07) is 12.9. The number of carbonyl (C=O) groups excluding carboxylic acids is 2. The monoisotopic (exact) mass is 465 g/mol. The minimum atomic E-state index is -1.11. The van der Waals surface area contributed by atoms with E-state index in [2.05, 4.69) is 10.4 Å². The van der Waals surface area contributed by atoms with Gasteiger partial charge in [0.15, 0.2) is 23.9 Å². The number of nitro groups is 1. The van der Waals surface area contributed by atoms with Crippen molar-refractivity contribution in [3.05, 3.63) is 69.9 Å². The third kappa shape index (κ3) is 5.10. The van der Waals surface area contributed by atoms with Crippen LogP contribution in [0.15, 0.2) is 48.7 Å². The van der Waals surface area contributed by atoms with E-state index in [-0.39, 0.29) is 29.5 Å². The fourth-order valence-corrected chi connectivity index (χ4v) is 2.98. The highest BCUT2D eigenvalue weighted by Crippen LogP contribution is 2.35. The molecule has 0 radical (unpaired) electrons. The number of rotatable bonds is 9. The Balaban J connectivity index is 1.78. The van der Waals surface area contributed by atoms with Gasteiger partial charge in [0.05, 0.1) is 36.6 Å². The van der Waals surface area contributed by atoms with Crippen molar-refractivity contribution < 1.29 is 28.7 Å². The lowest BCUT2D eigenvalue weighted by Gasteiger charge is -2.12. The maximum Gasteiger partial charge on any atom is 0.345 e. The van der Waals surface area contributed by atoms with Gasteiger partial charge in [-0.2, -0.15) is 10.4 Å². The van der Waals surface area contributed by atoms with Gasteiger partial charge in [0.25, 0.3) is 11.6 Å². The second kappa shape index (κ2) is 10.6. The smallest absolute Gasteiger partial charge is 0.345 e. The molecule has 0 saturated heterocycles. The van der Waals surface area contributed by atoms with E-state index in [1.807, 2.05) is 6.07 Å². The number of nitrogens with zero attached hydrogens (tertiary/aromatic N) is 4. The Labute approximate surface area is 193 Å². The van der Waals surface area contributed by atoms with Crippen LogP contribution in [0.25, 0.3) is 5.69 Å². The number of carbonyl (C=O) groups is 2. The van der Waals surface area contributed by atoms with Gasteiger partial charge in [0, 0.05) is 6.07 Å². The first-order valence-electron chi connectivity index (χ1n) is 9.89. The molecule has 3 aromatic rings. The lowest BCUT2D eigenvalue weighted by Crippen LogP contribution is -2.23. The van der Waals surface area contributed by atoms with Crippen molar-refractivity contribution >= 4 is 23.4 Å². The molecule has 1 N–H and O–H groups in total. The number of amides is 1. The van der Waals surface area contributed by atoms with E-state index in [4.69, 9.17) is 14.2 Å². The van der Waals surface area contributed by atoms with Gasteiger partial charge >= 0.3 is 5.97 Å². The maximum absolute atomic E-state index is 12.6. The summed E-state index contributed by atoms with van der Waals surface area (Å²) in [5, 5.41) is 27.4. The number of nitro benzene ring substituents is 1. The molecule has 174 valence electrons. The summed E-state index contributed by atoms with van der Waals surface area (Å²) in [4.78, 5) is 35.7. The van der Waals surface area contributed by atoms with Crippen LogP contribution in [0.2, 0.25) is 0 Å². The van der Waals surface area contributed by atoms with Gasteiger partial charge in [0.1, 0.15) is 17.2 Å². The largest absolute Gasteiger partial charge is 0.493 e. The molecule has 0 fully saturated rings. The Morgan fingerprint density at radius 2 is 1.97 bits per heavy atom. The number of esters is 1. The molecule has 1 aromatic heterocycles. The van der Waals surface area contributed by atoms with Crippen LogP contribution in [0.3, 0.4) is 0 Å². The molecule has 0 aliphatic rings. The van der Waals surface area contributed by atoms with Crippen LogP contribution in [0.1, 0.15) is 22.8 Å². The number of aromatic nitrogens is 2. The second-order valence-electron chi connectivity index (χ2n) is 6.60. The standard InChI is InChI=1S/C22H19N5O7/c1-3-33-19-10-17(27(30)31)16(9-18(19)32-2)22(29)34-13-20(28)25-21-14(11-23)12-24-26(21)15-7-5-4-6-8-15/h4-10,12H,3,13H2,1-2H3,(H,25,28). The van der Waals surface area contributed by atoms with E-state index in [9.17, 15) is 25.0 Å². The van der Waals surface area contributed by atoms with Crippen molar-refractivity contribution in [3.8, 4) is 23.3 Å². The molecule has 0 unspecified atom stereocenters. The predicted octanol–water partition coefficient (Wildman–Crippen LogP) is 2.85. The topological polar surface area (TPSA) is 159 Å². The van der Waals surface area contributed by atoms with Gasteiger partial charge in [-0.25, -0.2) is 9.48 Å². The first-order chi connectivity index (χ1) is 16.4. The Bertz CT molecular complexity index is 1260. The first kappa shape index (κ1) is 23.7. The number of anilines is 1. The average molecular weight is 465 g/mol. The van der Waals surface area contributed by atoms with Crippen LogP contribution in [-0.2, 0) is 9.53 Å². The van der Waals surface area contributed by atoms with Gasteiger partial charge in [0.2, 0.25) is 0 Å². The van der Waals surface area contributed by atoms with Crippen LogP contribution in [0, 0.1) is 21.4 Å². The highest BCUT2D eigenvalue weighted by atomic mass is 16.6. The molecule has 0 atom stereocenters. The number of ether oxygens (including phenoxy) is 3. The number of nitrogens with one attached hydrogen (secondary N) is 1. The van der Waals surface area contributed by atoms with Gasteiger partial charge in [-0.3, -0.25) is 14.9 Å². The second-order valence-corrected chi connectivity index (χ2v) is 6.60. The summed E-state index contributed by atoms with van der Waals surface area (Å²) in [6.45, 7) is 1.14. The molecule has 0 aliphatic carbocycles. The summed E-state index contributed by atoms with van der Waals surface area (Å²) >= 11 is 0. The highest BCUT2D eigenvalue weighted by molar-refractivity contribution is 5.98. The molecule has 0 spiro atoms. The maximum atomic E-state index is 12.6. The summed E-state index contributed by atoms with van der Waals surface area (Å²) in [5.41, 5.74) is -0.294. The van der Waals surface area contributed by atoms with E-state index < -0.39 is 34.7 Å². The van der Waals surface area contributed by atoms with Crippen molar-refractivity contribution in [1.29, 1.82) is 5.26 Å². The SMILES string of the molecule is CCOc1cc([N+](=O)[O-])c(C(=O)OCC(=O)Nc2c(C#N)cnn2-c2ccccc2)cc1OC. The average Bonchev–Trinajstić information content (AvgIpc) is 3.25. The Hall–Kier alpha value is -4.92. The number of hydrogen-bond donors (Lipinski definition) is 1. The number of methoxy groups -OCH3 is 1. The molecular formula is C22H19N5O7. The van der Waals surface area contributed by atoms with Gasteiger partial charge in [-0.15, -0.1) is 0 Å². The van der Waals surface area contributed by atoms with E-state index in [0.29, 0.717) is 5.69 Å². The highest BCUT2D eigenvalue weighted by Gasteiger charge is 2.26. The number of benzene rings is 2. The fraction of sp³-hybridized carbons (Fsp3) is 0.182. The minimum absolute atomic E-state index is 0.0865. The van der Waals surface area contributed by atoms with Crippen LogP contribution in [0.5, 0.6) is 11.5 Å². The molecule has 0 bridgehead atoms. The zero-order valence-electron chi connectivity index (χ0n) is 18.2. The molecule has 12 nitrogen and oxygen atoms in total. The molecular weight excluding hydrogens is 446 g/mol. The third-order valence-electron chi connectivity index (χ3n) is 4.48. The van der Waals surface area contributed by atoms with Gasteiger partial charge in [-0.1, -0.05) is 18.2 Å². The van der Waals surface area contributed by atoms with Crippen LogP contribution in [-0.4, -0.2) is 46.9 Å². The Morgan fingerprint density at radius 1 is 1.24 bits per heavy atom. The summed E-state index contributed by atoms with van der Waals surface area (Å²) in [5.74, 6) is -1.62. The van der Waals surface area contributed by atoms with Gasteiger partial charge < -0.3 is 19.5 Å². The fourth-order valence-electron chi connectivity index (χ4n) is 2.98. The van der Waals surface area contributed by atoms with Crippen molar-refractivity contribution in [1.82, 2.24) is 9.78 Å². The van der Waals surface area contributed by atoms with Crippen molar-refractivity contribution in [2.45, 2.75) is 6.92 Å². The molecule has 34 heavy (non-hydrogen) atoms. The van der Waals surface area contributed by atoms with Crippen molar-refractivity contribution in [3.63, 3.8) is 0 Å². The minimum Gasteiger partial charge on any atom is -0.493 e. The number of para-hydroxylation sites is 1. The van der Waals surface area contributed by atoms with E-state index >= 15 is 0 Å². The Morgan fingerprint density at radius 3 is 2.59 bits per heavy atom. The van der Waals surface area contributed by atoms with E-state index in [0.717, 1.165) is 12.1 Å². The normalized spacial score (nSPS) is 10.1.